The standard InChI is InChI=1S/C17H23N3O3S/c1-11(2)9-10-23-14-7-5-13(6-8-14)16(22)19-20-17(24)18-15(21)12-3-4-12/h5-8,11-12H,3-4,9-10H2,1-2H3,(H,19,22)(H2,18,20,21,24). The summed E-state index contributed by atoms with van der Waals surface area (Å²) in [6, 6.07) is 6.85. The van der Waals surface area contributed by atoms with Gasteiger partial charge in [-0.15, -0.1) is 0 Å². The molecule has 2 amide bonds. The molecule has 7 heteroatoms. The second-order valence-corrected chi connectivity index (χ2v) is 6.64. The predicted molar refractivity (Wildman–Crippen MR) is 95.5 cm³/mol. The van der Waals surface area contributed by atoms with E-state index in [1.165, 1.54) is 0 Å². The van der Waals surface area contributed by atoms with Crippen molar-refractivity contribution >= 4 is 29.1 Å². The van der Waals surface area contributed by atoms with Gasteiger partial charge in [0, 0.05) is 11.5 Å². The third-order valence-electron chi connectivity index (χ3n) is 3.55. The first-order valence-corrected chi connectivity index (χ1v) is 8.50. The Bertz CT molecular complexity index is 598. The third kappa shape index (κ3) is 6.16. The first-order chi connectivity index (χ1) is 11.5. The van der Waals surface area contributed by atoms with Crippen molar-refractivity contribution in [1.82, 2.24) is 16.2 Å². The van der Waals surface area contributed by atoms with Crippen LogP contribution in [0.5, 0.6) is 5.75 Å². The minimum absolute atomic E-state index is 0.0590. The third-order valence-corrected chi connectivity index (χ3v) is 3.76. The zero-order valence-corrected chi connectivity index (χ0v) is 14.7. The minimum atomic E-state index is -0.341. The SMILES string of the molecule is CC(C)CCOc1ccc(C(=O)NNC(=S)NC(=O)C2CC2)cc1. The normalized spacial score (nSPS) is 13.3. The van der Waals surface area contributed by atoms with E-state index in [2.05, 4.69) is 30.0 Å². The van der Waals surface area contributed by atoms with Gasteiger partial charge in [-0.3, -0.25) is 20.4 Å². The largest absolute Gasteiger partial charge is 0.494 e. The van der Waals surface area contributed by atoms with Crippen molar-refractivity contribution in [1.29, 1.82) is 0 Å². The van der Waals surface area contributed by atoms with E-state index in [1.807, 2.05) is 0 Å². The number of ether oxygens (including phenoxy) is 1. The fourth-order valence-corrected chi connectivity index (χ4v) is 2.04. The molecular formula is C17H23N3O3S. The molecule has 130 valence electrons. The van der Waals surface area contributed by atoms with Crippen molar-refractivity contribution in [3.05, 3.63) is 29.8 Å². The van der Waals surface area contributed by atoms with E-state index in [1.54, 1.807) is 24.3 Å². The number of thiocarbonyl (C=S) groups is 1. The summed E-state index contributed by atoms with van der Waals surface area (Å²) in [5.41, 5.74) is 5.45. The lowest BCUT2D eigenvalue weighted by molar-refractivity contribution is -0.120. The molecule has 0 radical (unpaired) electrons. The summed E-state index contributed by atoms with van der Waals surface area (Å²) in [5.74, 6) is 0.929. The Morgan fingerprint density at radius 3 is 2.46 bits per heavy atom. The van der Waals surface area contributed by atoms with Gasteiger partial charge in [0.25, 0.3) is 5.91 Å². The van der Waals surface area contributed by atoms with Crippen LogP contribution in [0.4, 0.5) is 0 Å². The maximum absolute atomic E-state index is 12.0. The molecule has 1 fully saturated rings. The molecule has 24 heavy (non-hydrogen) atoms. The van der Waals surface area contributed by atoms with Gasteiger partial charge in [0.05, 0.1) is 6.61 Å². The van der Waals surface area contributed by atoms with Gasteiger partial charge in [-0.25, -0.2) is 0 Å². The molecule has 0 heterocycles. The van der Waals surface area contributed by atoms with Gasteiger partial charge >= 0.3 is 0 Å². The van der Waals surface area contributed by atoms with Crippen LogP contribution in [0.15, 0.2) is 24.3 Å². The van der Waals surface area contributed by atoms with Gasteiger partial charge in [-0.2, -0.15) is 0 Å². The molecule has 0 atom stereocenters. The van der Waals surface area contributed by atoms with Crippen molar-refractivity contribution in [3.8, 4) is 5.75 Å². The van der Waals surface area contributed by atoms with Crippen LogP contribution in [0.2, 0.25) is 0 Å². The van der Waals surface area contributed by atoms with Gasteiger partial charge in [0.1, 0.15) is 5.75 Å². The highest BCUT2D eigenvalue weighted by molar-refractivity contribution is 7.80. The van der Waals surface area contributed by atoms with Crippen LogP contribution in [0.1, 0.15) is 43.5 Å². The zero-order valence-electron chi connectivity index (χ0n) is 13.9. The topological polar surface area (TPSA) is 79.5 Å². The smallest absolute Gasteiger partial charge is 0.269 e. The van der Waals surface area contributed by atoms with Crippen molar-refractivity contribution in [2.45, 2.75) is 33.1 Å². The number of carbonyl (C=O) groups excluding carboxylic acids is 2. The first kappa shape index (κ1) is 18.2. The minimum Gasteiger partial charge on any atom is -0.494 e. The summed E-state index contributed by atoms with van der Waals surface area (Å²) in [6.07, 6.45) is 2.77. The number of hydrazine groups is 1. The molecule has 6 nitrogen and oxygen atoms in total. The Morgan fingerprint density at radius 2 is 1.88 bits per heavy atom. The molecule has 3 N–H and O–H groups in total. The van der Waals surface area contributed by atoms with Gasteiger partial charge in [-0.1, -0.05) is 13.8 Å². The summed E-state index contributed by atoms with van der Waals surface area (Å²) >= 11 is 4.96. The molecule has 1 aromatic carbocycles. The van der Waals surface area contributed by atoms with Crippen LogP contribution in [0, 0.1) is 11.8 Å². The van der Waals surface area contributed by atoms with Crippen LogP contribution >= 0.6 is 12.2 Å². The van der Waals surface area contributed by atoms with Crippen molar-refractivity contribution in [2.75, 3.05) is 6.61 Å². The molecule has 0 bridgehead atoms. The van der Waals surface area contributed by atoms with Crippen molar-refractivity contribution in [2.24, 2.45) is 11.8 Å². The van der Waals surface area contributed by atoms with E-state index in [0.717, 1.165) is 25.0 Å². The van der Waals surface area contributed by atoms with E-state index in [4.69, 9.17) is 17.0 Å². The lowest BCUT2D eigenvalue weighted by atomic mass is 10.1. The predicted octanol–water partition coefficient (Wildman–Crippen LogP) is 2.16. The van der Waals surface area contributed by atoms with Gasteiger partial charge in [0.2, 0.25) is 5.91 Å². The first-order valence-electron chi connectivity index (χ1n) is 8.09. The Hall–Kier alpha value is -2.15. The van der Waals surface area contributed by atoms with Gasteiger partial charge < -0.3 is 10.1 Å². The number of hydrogen-bond donors (Lipinski definition) is 3. The Balaban J connectivity index is 1.73. The molecule has 0 spiro atoms. The highest BCUT2D eigenvalue weighted by atomic mass is 32.1. The molecular weight excluding hydrogens is 326 g/mol. The second-order valence-electron chi connectivity index (χ2n) is 6.23. The molecule has 2 rings (SSSR count). The highest BCUT2D eigenvalue weighted by Gasteiger charge is 2.30. The lowest BCUT2D eigenvalue weighted by Gasteiger charge is -2.11. The Kier molecular flexibility index (Phi) is 6.54. The number of benzene rings is 1. The average molecular weight is 349 g/mol. The molecule has 0 aromatic heterocycles. The average Bonchev–Trinajstić information content (AvgIpc) is 3.38. The van der Waals surface area contributed by atoms with Crippen LogP contribution in [0.25, 0.3) is 0 Å². The number of nitrogens with one attached hydrogen (secondary N) is 3. The zero-order chi connectivity index (χ0) is 17.5. The van der Waals surface area contributed by atoms with Crippen LogP contribution in [0.3, 0.4) is 0 Å². The molecule has 1 aromatic rings. The van der Waals surface area contributed by atoms with Crippen LogP contribution in [-0.2, 0) is 4.79 Å². The van der Waals surface area contributed by atoms with Crippen molar-refractivity contribution in [3.63, 3.8) is 0 Å². The molecule has 1 aliphatic rings. The number of amides is 2. The van der Waals surface area contributed by atoms with E-state index in [-0.39, 0.29) is 22.8 Å². The summed E-state index contributed by atoms with van der Waals surface area (Å²) in [5, 5.41) is 2.63. The van der Waals surface area contributed by atoms with Crippen LogP contribution in [-0.4, -0.2) is 23.5 Å². The molecule has 1 saturated carbocycles. The maximum Gasteiger partial charge on any atom is 0.269 e. The monoisotopic (exact) mass is 349 g/mol. The number of hydrogen-bond acceptors (Lipinski definition) is 4. The van der Waals surface area contributed by atoms with E-state index >= 15 is 0 Å². The Morgan fingerprint density at radius 1 is 1.21 bits per heavy atom. The molecule has 0 unspecified atom stereocenters. The fourth-order valence-electron chi connectivity index (χ4n) is 1.89. The molecule has 0 aliphatic heterocycles. The number of rotatable bonds is 6. The number of carbonyl (C=O) groups is 2. The van der Waals surface area contributed by atoms with E-state index in [0.29, 0.717) is 18.1 Å². The highest BCUT2D eigenvalue weighted by Crippen LogP contribution is 2.28. The summed E-state index contributed by atoms with van der Waals surface area (Å²) in [7, 11) is 0. The van der Waals surface area contributed by atoms with E-state index in [9.17, 15) is 9.59 Å². The quantitative estimate of drug-likeness (QED) is 0.542. The fraction of sp³-hybridized carbons (Fsp3) is 0.471. The lowest BCUT2D eigenvalue weighted by Crippen LogP contribution is -2.48. The van der Waals surface area contributed by atoms with E-state index < -0.39 is 0 Å². The summed E-state index contributed by atoms with van der Waals surface area (Å²) in [4.78, 5) is 23.5. The van der Waals surface area contributed by atoms with Gasteiger partial charge in [0.15, 0.2) is 5.11 Å². The Labute approximate surface area is 147 Å². The van der Waals surface area contributed by atoms with Gasteiger partial charge in [-0.05, 0) is 61.7 Å². The summed E-state index contributed by atoms with van der Waals surface area (Å²) in [6.45, 7) is 4.93. The molecule has 1 aliphatic carbocycles. The summed E-state index contributed by atoms with van der Waals surface area (Å²) < 4.78 is 5.61. The van der Waals surface area contributed by atoms with Crippen molar-refractivity contribution < 1.29 is 14.3 Å². The second kappa shape index (κ2) is 8.63. The molecule has 0 saturated heterocycles. The maximum atomic E-state index is 12.0. The van der Waals surface area contributed by atoms with Crippen LogP contribution < -0.4 is 20.9 Å².